The molecule has 0 atom stereocenters. The van der Waals surface area contributed by atoms with E-state index < -0.39 is 58.6 Å². The topological polar surface area (TPSA) is 516 Å². The number of rotatable bonds is 18. The Hall–Kier alpha value is -13.7. The number of aromatic amines is 3. The molecule has 113 heavy (non-hydrogen) atoms. The van der Waals surface area contributed by atoms with Gasteiger partial charge in [-0.1, -0.05) is 83.1 Å². The molecule has 0 saturated carbocycles. The number of pyridine rings is 9. The van der Waals surface area contributed by atoms with Crippen LogP contribution < -0.4 is 52.2 Å². The van der Waals surface area contributed by atoms with Crippen LogP contribution in [0.5, 0.6) is 0 Å². The van der Waals surface area contributed by atoms with Crippen molar-refractivity contribution in [3.63, 3.8) is 0 Å². The van der Waals surface area contributed by atoms with Crippen LogP contribution in [0.3, 0.4) is 0 Å². The van der Waals surface area contributed by atoms with E-state index in [4.69, 9.17) is 44.9 Å². The van der Waals surface area contributed by atoms with Crippen LogP contribution in [0, 0.1) is 0 Å². The summed E-state index contributed by atoms with van der Waals surface area (Å²) in [6.07, 6.45) is 22.9. The molecule has 9 aromatic rings. The highest BCUT2D eigenvalue weighted by molar-refractivity contribution is 6.14. The minimum Gasteiger partial charge on any atom is -0.500 e. The molecule has 0 spiro atoms. The maximum absolute atomic E-state index is 11.9. The van der Waals surface area contributed by atoms with E-state index in [1.54, 1.807) is 78.8 Å². The minimum atomic E-state index is -1.23. The Balaban J connectivity index is -0.000000605. The van der Waals surface area contributed by atoms with Crippen LogP contribution in [0.15, 0.2) is 186 Å². The number of esters is 6. The normalized spacial score (nSPS) is 9.03. The Bertz CT molecular complexity index is 4510. The summed E-state index contributed by atoms with van der Waals surface area (Å²) in [5, 5.41) is 48.4. The fourth-order valence-corrected chi connectivity index (χ4v) is 7.40. The Morgan fingerprint density at radius 2 is 0.814 bits per heavy atom. The Morgan fingerprint density at radius 3 is 1.19 bits per heavy atom. The fourth-order valence-electron chi connectivity index (χ4n) is 7.40. The number of nitrogen functional groups attached to an aromatic ring is 1. The molecule has 618 valence electrons. The molecule has 36 nitrogen and oxygen atoms in total. The van der Waals surface area contributed by atoms with E-state index in [2.05, 4.69) is 50.4 Å². The third kappa shape index (κ3) is 39.8. The predicted molar refractivity (Wildman–Crippen MR) is 417 cm³/mol. The van der Waals surface area contributed by atoms with E-state index in [1.807, 2.05) is 83.1 Å². The number of hydrogen-bond donors (Lipinski definition) is 11. The van der Waals surface area contributed by atoms with Crippen molar-refractivity contribution in [3.05, 3.63) is 224 Å². The number of hydrogen-bond acceptors (Lipinski definition) is 28. The molecule has 0 aliphatic heterocycles. The van der Waals surface area contributed by atoms with E-state index >= 15 is 0 Å². The van der Waals surface area contributed by atoms with Crippen LogP contribution in [0.2, 0.25) is 0 Å². The van der Waals surface area contributed by atoms with Gasteiger partial charge >= 0.3 is 47.8 Å². The molecule has 9 rings (SSSR count). The van der Waals surface area contributed by atoms with Crippen LogP contribution in [-0.2, 0) is 57.2 Å². The molecular weight excluding hydrogens is 1480 g/mol. The Kier molecular flexibility index (Phi) is 60.2. The lowest BCUT2D eigenvalue weighted by molar-refractivity contribution is -0.904. The summed E-state index contributed by atoms with van der Waals surface area (Å²) in [4.78, 5) is 145. The Morgan fingerprint density at radius 1 is 0.442 bits per heavy atom. The number of ether oxygens (including phenoxy) is 7. The molecule has 9 heterocycles. The second-order valence-corrected chi connectivity index (χ2v) is 18.8. The van der Waals surface area contributed by atoms with Gasteiger partial charge in [0.1, 0.15) is 45.4 Å². The second-order valence-electron chi connectivity index (χ2n) is 18.8. The molecule has 0 bridgehead atoms. The van der Waals surface area contributed by atoms with E-state index in [-0.39, 0.29) is 78.5 Å². The number of carboxylic acid groups (broad SMARTS) is 1. The predicted octanol–water partition coefficient (Wildman–Crippen LogP) is 8.81. The lowest BCUT2D eigenvalue weighted by Gasteiger charge is -2.06. The van der Waals surface area contributed by atoms with E-state index in [0.717, 1.165) is 25.2 Å². The van der Waals surface area contributed by atoms with Gasteiger partial charge in [0.05, 0.1) is 75.1 Å². The summed E-state index contributed by atoms with van der Waals surface area (Å²) in [6, 6.07) is 14.0. The number of nitrogens with two attached hydrogens (primary N) is 2. The van der Waals surface area contributed by atoms with Crippen LogP contribution in [-0.4, -0.2) is 145 Å². The number of aromatic nitrogens is 9. The third-order valence-corrected chi connectivity index (χ3v) is 11.8. The number of H-pyrrole nitrogens is 3. The molecule has 13 N–H and O–H groups in total. The zero-order valence-electron chi connectivity index (χ0n) is 67.3. The molecule has 0 radical (unpaired) electrons. The first-order valence-electron chi connectivity index (χ1n) is 35.8. The van der Waals surface area contributed by atoms with Crippen molar-refractivity contribution in [1.29, 1.82) is 0 Å². The van der Waals surface area contributed by atoms with Gasteiger partial charge in [-0.25, -0.2) is 38.4 Å². The number of nitrogens with one attached hydrogen (secondary N) is 4. The van der Waals surface area contributed by atoms with E-state index in [9.17, 15) is 63.2 Å². The van der Waals surface area contributed by atoms with Crippen LogP contribution in [0.4, 0.5) is 11.4 Å². The number of aromatic carboxylic acids is 1. The van der Waals surface area contributed by atoms with Crippen molar-refractivity contribution in [1.82, 2.24) is 24.9 Å². The molecule has 36 heteroatoms. The monoisotopic (exact) mass is 1590 g/mol. The van der Waals surface area contributed by atoms with Gasteiger partial charge in [-0.3, -0.25) is 45.2 Å². The fraction of sp³-hybridized carbons (Fsp3) is 0.338. The second kappa shape index (κ2) is 64.3. The van der Waals surface area contributed by atoms with Gasteiger partial charge in [-0.15, -0.1) is 0 Å². The number of carbonyl (C=O) groups is 8. The molecule has 0 saturated heterocycles. The average molecular weight is 1590 g/mol. The van der Waals surface area contributed by atoms with Crippen molar-refractivity contribution in [2.75, 3.05) is 57.3 Å². The first-order valence-corrected chi connectivity index (χ1v) is 35.8. The summed E-state index contributed by atoms with van der Waals surface area (Å²) < 4.78 is 36.7. The van der Waals surface area contributed by atoms with Gasteiger partial charge in [-0.05, 0) is 78.8 Å². The SMILES string of the molecule is CC.CC.CC.CC.CC.CC.CCOC(=O)C(=CNc1ccc[n+](O)c1)C(=O)OCC.CCOC(=O)c1c[nH]c2c[n+](O)ccc2c1=O.CCOC(=O)c1c[nH]c2cnccc2c1=O.CCOC=C(C(=O)OCC)C(=O)OCC.NOC(=O)c1ccc[n+](O)c1.Nc1ccc[n+](O)c1.O=C(O)c1c[nH]c2cnccc2c1=O. The highest BCUT2D eigenvalue weighted by Crippen LogP contribution is 2.11. The van der Waals surface area contributed by atoms with Crippen LogP contribution in [0.25, 0.3) is 32.7 Å². The summed E-state index contributed by atoms with van der Waals surface area (Å²) in [5.41, 5.74) is 6.06. The lowest BCUT2D eigenvalue weighted by Crippen LogP contribution is -2.30. The average Bonchev–Trinajstić information content (AvgIpc) is 0.807. The first-order chi connectivity index (χ1) is 54.3. The lowest BCUT2D eigenvalue weighted by atomic mass is 10.2. The van der Waals surface area contributed by atoms with Crippen molar-refractivity contribution in [2.45, 2.75) is 132 Å². The number of anilines is 2. The van der Waals surface area contributed by atoms with Crippen LogP contribution in [0.1, 0.15) is 173 Å². The van der Waals surface area contributed by atoms with Gasteiger partial charge in [0.15, 0.2) is 11.1 Å². The van der Waals surface area contributed by atoms with Gasteiger partial charge < -0.3 is 69.1 Å². The number of fused-ring (bicyclic) bond motifs is 3. The first kappa shape index (κ1) is 106. The molecule has 0 fully saturated rings. The molecule has 0 aromatic carbocycles. The highest BCUT2D eigenvalue weighted by atomic mass is 16.7. The van der Waals surface area contributed by atoms with Crippen LogP contribution >= 0.6 is 0 Å². The molecule has 0 amide bonds. The third-order valence-electron chi connectivity index (χ3n) is 11.8. The maximum Gasteiger partial charge on any atom is 0.362 e. The summed E-state index contributed by atoms with van der Waals surface area (Å²) >= 11 is 0. The Labute approximate surface area is 654 Å². The van der Waals surface area contributed by atoms with E-state index in [1.165, 1.54) is 123 Å². The molecular formula is C77H110N12O24+4. The van der Waals surface area contributed by atoms with Gasteiger partial charge in [0.25, 0.3) is 0 Å². The molecule has 0 aliphatic rings. The molecule has 0 aliphatic carbocycles. The smallest absolute Gasteiger partial charge is 0.362 e. The minimum absolute atomic E-state index is 0.0144. The van der Waals surface area contributed by atoms with Crippen molar-refractivity contribution < 1.29 is 121 Å². The number of nitrogens with zero attached hydrogens (tertiary/aromatic N) is 6. The number of carboxylic acids is 1. The molecule has 0 unspecified atom stereocenters. The van der Waals surface area contributed by atoms with Gasteiger partial charge in [-0.2, -0.15) is 5.90 Å². The van der Waals surface area contributed by atoms with Crippen molar-refractivity contribution in [2.24, 2.45) is 5.90 Å². The summed E-state index contributed by atoms with van der Waals surface area (Å²) in [6.45, 7) is 37.2. The quantitative estimate of drug-likeness (QED) is 0.00439. The van der Waals surface area contributed by atoms with E-state index in [0.29, 0.717) is 50.7 Å². The van der Waals surface area contributed by atoms with Crippen molar-refractivity contribution in [3.8, 4) is 0 Å². The summed E-state index contributed by atoms with van der Waals surface area (Å²) in [7, 11) is 0. The maximum atomic E-state index is 11.9. The highest BCUT2D eigenvalue weighted by Gasteiger charge is 2.23. The number of carbonyl (C=O) groups excluding carboxylic acids is 7. The zero-order valence-corrected chi connectivity index (χ0v) is 67.3. The summed E-state index contributed by atoms with van der Waals surface area (Å²) in [5.74, 6) is -1.58. The molecule has 9 aromatic heterocycles. The standard InChI is InChI=1S/C13H16N2O5.C11H10N2O4.C11H10N2O3.C10H16O5.C9H6N2O3.C6H7N2O3.C5H7N2O.6C2H6/c1-3-19-12(16)11(13(17)20-4-2)8-14-10-6-5-7-15(18)9-10;1-2-17-11(15)8-5-12-9-6-13(16)4-3-7(9)10(8)14;1-2-16-11(15)8-5-13-9-6-12-4-3-7(9)10(8)14;1-4-13-7-8(9(11)14-5-2)10(12)15-6-3;12-8-5-1-2-10-4-7(5)11-3-6(8)9(13)14;7-11-6(9)5-2-1-3-8(10)4-5;6-5-2-1-3-7(8)4-5;6*1-2/h5-9H,3-4H2,1-2H3,(H-,14,16,17,18);3-6H,2H2,1H3,(H-,12,14,15,16);3-6H,2H2,1H3,(H,13,14);7H,4-6H2,1-3H3;1-4H,(H,11,12)(H,13,14);1-4,10H,7H2;1-4,8H,6H2;6*1-2H3/q;;;;;2*+1;;;;;;/p+2. The van der Waals surface area contributed by atoms with Crippen molar-refractivity contribution >= 4 is 91.8 Å². The van der Waals surface area contributed by atoms with Gasteiger partial charge in [0.2, 0.25) is 65.9 Å². The zero-order chi connectivity index (χ0) is 87.0. The van der Waals surface area contributed by atoms with Gasteiger partial charge in [0, 0.05) is 91.1 Å². The largest absolute Gasteiger partial charge is 0.500 e.